The van der Waals surface area contributed by atoms with Gasteiger partial charge in [0.05, 0.1) is 5.02 Å². The highest BCUT2D eigenvalue weighted by Gasteiger charge is 2.11. The number of hydrogen-bond donors (Lipinski definition) is 1. The van der Waals surface area contributed by atoms with Crippen LogP contribution in [0.1, 0.15) is 26.1 Å². The van der Waals surface area contributed by atoms with E-state index in [4.69, 9.17) is 16.3 Å². The van der Waals surface area contributed by atoms with Crippen LogP contribution in [0.25, 0.3) is 0 Å². The number of halogens is 1. The molecule has 1 aromatic carbocycles. The highest BCUT2D eigenvalue weighted by atomic mass is 35.5. The molecule has 7 nitrogen and oxygen atoms in total. The van der Waals surface area contributed by atoms with Gasteiger partial charge >= 0.3 is 0 Å². The SMILES string of the molecule is CC(C)CCNC(=O)Cn1nnnc1COc1ccccc1Cl. The normalized spacial score (nSPS) is 10.8. The molecule has 2 rings (SSSR count). The maximum absolute atomic E-state index is 11.9. The number of ether oxygens (including phenoxy) is 1. The fourth-order valence-corrected chi connectivity index (χ4v) is 2.04. The lowest BCUT2D eigenvalue weighted by atomic mass is 10.1. The number of aromatic nitrogens is 4. The molecule has 0 bridgehead atoms. The van der Waals surface area contributed by atoms with Gasteiger partial charge in [-0.2, -0.15) is 0 Å². The number of nitrogens with one attached hydrogen (secondary N) is 1. The molecule has 2 aromatic rings. The van der Waals surface area contributed by atoms with Crippen LogP contribution >= 0.6 is 11.6 Å². The maximum atomic E-state index is 11.9. The van der Waals surface area contributed by atoms with E-state index in [9.17, 15) is 4.79 Å². The van der Waals surface area contributed by atoms with Gasteiger partial charge in [0.25, 0.3) is 0 Å². The minimum Gasteiger partial charge on any atom is -0.484 e. The van der Waals surface area contributed by atoms with Gasteiger partial charge in [0.15, 0.2) is 5.82 Å². The quantitative estimate of drug-likeness (QED) is 0.797. The Morgan fingerprint density at radius 2 is 2.17 bits per heavy atom. The van der Waals surface area contributed by atoms with Gasteiger partial charge in [-0.15, -0.1) is 5.10 Å². The van der Waals surface area contributed by atoms with Gasteiger partial charge in [0.2, 0.25) is 5.91 Å². The van der Waals surface area contributed by atoms with Crippen LogP contribution in [0.2, 0.25) is 5.02 Å². The average Bonchev–Trinajstić information content (AvgIpc) is 2.93. The first-order valence-corrected chi connectivity index (χ1v) is 7.83. The molecule has 0 saturated carbocycles. The van der Waals surface area contributed by atoms with E-state index >= 15 is 0 Å². The van der Waals surface area contributed by atoms with Crippen LogP contribution in [0.4, 0.5) is 0 Å². The second-order valence-corrected chi connectivity index (χ2v) is 5.91. The first-order valence-electron chi connectivity index (χ1n) is 7.45. The van der Waals surface area contributed by atoms with E-state index in [1.54, 1.807) is 12.1 Å². The summed E-state index contributed by atoms with van der Waals surface area (Å²) in [7, 11) is 0. The number of carbonyl (C=O) groups is 1. The van der Waals surface area contributed by atoms with Crippen LogP contribution in [0, 0.1) is 5.92 Å². The fourth-order valence-electron chi connectivity index (χ4n) is 1.85. The van der Waals surface area contributed by atoms with Crippen molar-refractivity contribution >= 4 is 17.5 Å². The molecule has 1 heterocycles. The van der Waals surface area contributed by atoms with Crippen LogP contribution in [0.5, 0.6) is 5.75 Å². The first-order chi connectivity index (χ1) is 11.1. The van der Waals surface area contributed by atoms with Crippen molar-refractivity contribution < 1.29 is 9.53 Å². The molecule has 0 atom stereocenters. The molecule has 0 aliphatic heterocycles. The number of para-hydroxylation sites is 1. The summed E-state index contributed by atoms with van der Waals surface area (Å²) in [5.41, 5.74) is 0. The van der Waals surface area contributed by atoms with E-state index in [1.807, 2.05) is 12.1 Å². The standard InChI is InChI=1S/C15H20ClN5O2/c1-11(2)7-8-17-15(22)9-21-14(18-19-20-21)10-23-13-6-4-3-5-12(13)16/h3-6,11H,7-10H2,1-2H3,(H,17,22). The van der Waals surface area contributed by atoms with Crippen LogP contribution in [0.15, 0.2) is 24.3 Å². The molecule has 0 aliphatic carbocycles. The van der Waals surface area contributed by atoms with Crippen LogP contribution in [-0.4, -0.2) is 32.7 Å². The lowest BCUT2D eigenvalue weighted by molar-refractivity contribution is -0.121. The number of tetrazole rings is 1. The number of amides is 1. The third kappa shape index (κ3) is 5.52. The van der Waals surface area contributed by atoms with E-state index in [1.165, 1.54) is 4.68 Å². The summed E-state index contributed by atoms with van der Waals surface area (Å²) in [6.45, 7) is 5.06. The topological polar surface area (TPSA) is 81.9 Å². The van der Waals surface area contributed by atoms with Crippen LogP contribution in [-0.2, 0) is 17.9 Å². The number of nitrogens with zero attached hydrogens (tertiary/aromatic N) is 4. The van der Waals surface area contributed by atoms with Crippen molar-refractivity contribution in [1.29, 1.82) is 0 Å². The van der Waals surface area contributed by atoms with Crippen molar-refractivity contribution in [3.8, 4) is 5.75 Å². The summed E-state index contributed by atoms with van der Waals surface area (Å²) in [6.07, 6.45) is 0.934. The molecular formula is C15H20ClN5O2. The van der Waals surface area contributed by atoms with Crippen molar-refractivity contribution in [1.82, 2.24) is 25.5 Å². The molecule has 1 aromatic heterocycles. The summed E-state index contributed by atoms with van der Waals surface area (Å²) < 4.78 is 7.01. The Hall–Kier alpha value is -2.15. The Morgan fingerprint density at radius 1 is 1.39 bits per heavy atom. The Labute approximate surface area is 140 Å². The molecule has 0 unspecified atom stereocenters. The van der Waals surface area contributed by atoms with Crippen LogP contribution in [0.3, 0.4) is 0 Å². The largest absolute Gasteiger partial charge is 0.484 e. The van der Waals surface area contributed by atoms with Gasteiger partial charge in [0, 0.05) is 6.54 Å². The molecule has 0 spiro atoms. The third-order valence-corrected chi connectivity index (χ3v) is 3.45. The summed E-state index contributed by atoms with van der Waals surface area (Å²) >= 11 is 6.02. The summed E-state index contributed by atoms with van der Waals surface area (Å²) in [6, 6.07) is 7.14. The number of hydrogen-bond acceptors (Lipinski definition) is 5. The zero-order chi connectivity index (χ0) is 16.7. The minimum atomic E-state index is -0.128. The Morgan fingerprint density at radius 3 is 2.91 bits per heavy atom. The third-order valence-electron chi connectivity index (χ3n) is 3.14. The molecule has 0 aliphatic rings. The second-order valence-electron chi connectivity index (χ2n) is 5.50. The number of rotatable bonds is 8. The lowest BCUT2D eigenvalue weighted by Gasteiger charge is -2.09. The lowest BCUT2D eigenvalue weighted by Crippen LogP contribution is -2.30. The maximum Gasteiger partial charge on any atom is 0.241 e. The zero-order valence-corrected chi connectivity index (χ0v) is 14.0. The van der Waals surface area contributed by atoms with Crippen molar-refractivity contribution in [3.63, 3.8) is 0 Å². The molecule has 0 fully saturated rings. The van der Waals surface area contributed by atoms with Crippen LogP contribution < -0.4 is 10.1 Å². The molecule has 0 saturated heterocycles. The molecule has 0 radical (unpaired) electrons. The Balaban J connectivity index is 1.87. The molecular weight excluding hydrogens is 318 g/mol. The first kappa shape index (κ1) is 17.2. The van der Waals surface area contributed by atoms with Gasteiger partial charge in [0.1, 0.15) is 18.9 Å². The van der Waals surface area contributed by atoms with Gasteiger partial charge in [-0.3, -0.25) is 4.79 Å². The van der Waals surface area contributed by atoms with Gasteiger partial charge in [-0.25, -0.2) is 4.68 Å². The molecule has 23 heavy (non-hydrogen) atoms. The summed E-state index contributed by atoms with van der Waals surface area (Å²) in [5, 5.41) is 14.6. The van der Waals surface area contributed by atoms with Gasteiger partial charge in [-0.05, 0) is 34.9 Å². The monoisotopic (exact) mass is 337 g/mol. The van der Waals surface area contributed by atoms with E-state index in [2.05, 4.69) is 34.7 Å². The van der Waals surface area contributed by atoms with Crippen molar-refractivity contribution in [2.75, 3.05) is 6.54 Å². The molecule has 8 heteroatoms. The number of carbonyl (C=O) groups excluding carboxylic acids is 1. The summed E-state index contributed by atoms with van der Waals surface area (Å²) in [5.74, 6) is 1.42. The highest BCUT2D eigenvalue weighted by molar-refractivity contribution is 6.32. The second kappa shape index (κ2) is 8.47. The van der Waals surface area contributed by atoms with Crippen molar-refractivity contribution in [3.05, 3.63) is 35.1 Å². The predicted octanol–water partition coefficient (Wildman–Crippen LogP) is 2.07. The molecule has 1 N–H and O–H groups in total. The minimum absolute atomic E-state index is 0.0618. The smallest absolute Gasteiger partial charge is 0.241 e. The predicted molar refractivity (Wildman–Crippen MR) is 86.1 cm³/mol. The summed E-state index contributed by atoms with van der Waals surface area (Å²) in [4.78, 5) is 11.9. The van der Waals surface area contributed by atoms with E-state index in [-0.39, 0.29) is 19.1 Å². The Kier molecular flexibility index (Phi) is 6.34. The van der Waals surface area contributed by atoms with E-state index < -0.39 is 0 Å². The Bertz CT molecular complexity index is 644. The zero-order valence-electron chi connectivity index (χ0n) is 13.2. The molecule has 1 amide bonds. The van der Waals surface area contributed by atoms with Gasteiger partial charge in [-0.1, -0.05) is 37.6 Å². The van der Waals surface area contributed by atoms with Crippen molar-refractivity contribution in [2.24, 2.45) is 5.92 Å². The van der Waals surface area contributed by atoms with Crippen molar-refractivity contribution in [2.45, 2.75) is 33.4 Å². The fraction of sp³-hybridized carbons (Fsp3) is 0.467. The van der Waals surface area contributed by atoms with Gasteiger partial charge < -0.3 is 10.1 Å². The molecule has 124 valence electrons. The average molecular weight is 338 g/mol. The number of benzene rings is 1. The highest BCUT2D eigenvalue weighted by Crippen LogP contribution is 2.23. The van der Waals surface area contributed by atoms with E-state index in [0.717, 1.165) is 6.42 Å². The van der Waals surface area contributed by atoms with E-state index in [0.29, 0.717) is 29.1 Å².